The van der Waals surface area contributed by atoms with E-state index in [0.717, 1.165) is 16.7 Å². The number of benzene rings is 3. The molecule has 0 bridgehead atoms. The fourth-order valence-electron chi connectivity index (χ4n) is 2.77. The second-order valence-corrected chi connectivity index (χ2v) is 5.93. The van der Waals surface area contributed by atoms with Crippen molar-refractivity contribution >= 4 is 17.3 Å². The van der Waals surface area contributed by atoms with Crippen molar-refractivity contribution in [3.63, 3.8) is 0 Å². The summed E-state index contributed by atoms with van der Waals surface area (Å²) in [7, 11) is 0. The monoisotopic (exact) mass is 358 g/mol. The van der Waals surface area contributed by atoms with Crippen LogP contribution >= 0.6 is 0 Å². The first-order valence-corrected chi connectivity index (χ1v) is 8.98. The molecule has 0 saturated carbocycles. The van der Waals surface area contributed by atoms with Crippen molar-refractivity contribution in [3.8, 4) is 0 Å². The molecule has 0 aromatic heterocycles. The molecule has 3 heteroatoms. The average molecular weight is 358 g/mol. The van der Waals surface area contributed by atoms with Crippen LogP contribution in [0.4, 0.5) is 0 Å². The highest BCUT2D eigenvalue weighted by atomic mass is 16.5. The molecule has 0 N–H and O–H groups in total. The lowest BCUT2D eigenvalue weighted by Gasteiger charge is -2.17. The first kappa shape index (κ1) is 18.5. The van der Waals surface area contributed by atoms with E-state index in [9.17, 15) is 4.79 Å². The summed E-state index contributed by atoms with van der Waals surface area (Å²) >= 11 is 0. The zero-order valence-electron chi connectivity index (χ0n) is 15.3. The van der Waals surface area contributed by atoms with Crippen molar-refractivity contribution in [2.24, 2.45) is 0 Å². The molecule has 0 saturated heterocycles. The maximum atomic E-state index is 12.8. The second-order valence-electron chi connectivity index (χ2n) is 5.93. The number of rotatable bonds is 7. The molecule has 0 heterocycles. The lowest BCUT2D eigenvalue weighted by Crippen LogP contribution is -2.11. The molecule has 0 aliphatic heterocycles. The lowest BCUT2D eigenvalue weighted by molar-refractivity contribution is -0.136. The van der Waals surface area contributed by atoms with Gasteiger partial charge < -0.3 is 9.47 Å². The predicted octanol–water partition coefficient (Wildman–Crippen LogP) is 5.33. The van der Waals surface area contributed by atoms with E-state index in [2.05, 4.69) is 0 Å². The number of hydrogen-bond acceptors (Lipinski definition) is 3. The Hall–Kier alpha value is -3.33. The molecule has 0 aliphatic carbocycles. The van der Waals surface area contributed by atoms with Gasteiger partial charge in [0.15, 0.2) is 0 Å². The van der Waals surface area contributed by atoms with Crippen LogP contribution in [0.15, 0.2) is 91.0 Å². The van der Waals surface area contributed by atoms with Gasteiger partial charge in [-0.1, -0.05) is 91.0 Å². The Balaban J connectivity index is 2.09. The van der Waals surface area contributed by atoms with Crippen LogP contribution in [0.1, 0.15) is 23.6 Å². The minimum absolute atomic E-state index is 0.302. The van der Waals surface area contributed by atoms with Crippen LogP contribution in [0.5, 0.6) is 0 Å². The third-order valence-corrected chi connectivity index (χ3v) is 4.03. The Bertz CT molecular complexity index is 885. The Kier molecular flexibility index (Phi) is 6.42. The minimum Gasteiger partial charge on any atom is -0.487 e. The van der Waals surface area contributed by atoms with Crippen molar-refractivity contribution in [3.05, 3.63) is 108 Å². The third kappa shape index (κ3) is 4.85. The molecule has 0 spiro atoms. The first-order chi connectivity index (χ1) is 13.3. The maximum Gasteiger partial charge on any atom is 0.342 e. The van der Waals surface area contributed by atoms with Crippen molar-refractivity contribution in [1.29, 1.82) is 0 Å². The normalized spacial score (nSPS) is 11.4. The number of hydrogen-bond donors (Lipinski definition) is 0. The van der Waals surface area contributed by atoms with Gasteiger partial charge in [-0.25, -0.2) is 4.79 Å². The van der Waals surface area contributed by atoms with Crippen LogP contribution in [-0.2, 0) is 20.9 Å². The van der Waals surface area contributed by atoms with Gasteiger partial charge in [0, 0.05) is 5.56 Å². The molecular weight excluding hydrogens is 336 g/mol. The average Bonchev–Trinajstić information content (AvgIpc) is 2.73. The molecule has 3 aromatic rings. The quantitative estimate of drug-likeness (QED) is 0.248. The molecule has 0 amide bonds. The van der Waals surface area contributed by atoms with E-state index in [0.29, 0.717) is 24.5 Å². The molecule has 0 fully saturated rings. The highest BCUT2D eigenvalue weighted by Gasteiger charge is 2.21. The van der Waals surface area contributed by atoms with E-state index in [1.165, 1.54) is 0 Å². The number of carbonyl (C=O) groups is 1. The van der Waals surface area contributed by atoms with Crippen LogP contribution < -0.4 is 0 Å². The van der Waals surface area contributed by atoms with Crippen LogP contribution in [0.25, 0.3) is 11.3 Å². The van der Waals surface area contributed by atoms with Gasteiger partial charge in [-0.3, -0.25) is 0 Å². The molecule has 0 aliphatic rings. The van der Waals surface area contributed by atoms with E-state index in [-0.39, 0.29) is 0 Å². The van der Waals surface area contributed by atoms with Gasteiger partial charge in [0.2, 0.25) is 0 Å². The SMILES string of the molecule is CCOC(=O)C(=C(OCc1ccccc1)c1ccccc1)c1ccccc1. The van der Waals surface area contributed by atoms with Gasteiger partial charge >= 0.3 is 5.97 Å². The molecule has 0 unspecified atom stereocenters. The summed E-state index contributed by atoms with van der Waals surface area (Å²) in [6, 6.07) is 29.0. The highest BCUT2D eigenvalue weighted by Crippen LogP contribution is 2.29. The topological polar surface area (TPSA) is 35.5 Å². The summed E-state index contributed by atoms with van der Waals surface area (Å²) in [4.78, 5) is 12.8. The number of carbonyl (C=O) groups excluding carboxylic acids is 1. The van der Waals surface area contributed by atoms with Crippen LogP contribution in [-0.4, -0.2) is 12.6 Å². The van der Waals surface area contributed by atoms with Crippen molar-refractivity contribution in [2.75, 3.05) is 6.61 Å². The lowest BCUT2D eigenvalue weighted by atomic mass is 10.0. The molecule has 27 heavy (non-hydrogen) atoms. The van der Waals surface area contributed by atoms with Crippen LogP contribution in [0, 0.1) is 0 Å². The highest BCUT2D eigenvalue weighted by molar-refractivity contribution is 6.23. The van der Waals surface area contributed by atoms with Crippen LogP contribution in [0.2, 0.25) is 0 Å². The van der Waals surface area contributed by atoms with Gasteiger partial charge in [-0.15, -0.1) is 0 Å². The van der Waals surface area contributed by atoms with Crippen molar-refractivity contribution in [1.82, 2.24) is 0 Å². The Morgan fingerprint density at radius 1 is 0.704 bits per heavy atom. The molecular formula is C24H22O3. The van der Waals surface area contributed by atoms with Gasteiger partial charge in [0.05, 0.1) is 6.61 Å². The molecule has 0 atom stereocenters. The largest absolute Gasteiger partial charge is 0.487 e. The van der Waals surface area contributed by atoms with E-state index in [4.69, 9.17) is 9.47 Å². The van der Waals surface area contributed by atoms with E-state index in [1.54, 1.807) is 6.92 Å². The van der Waals surface area contributed by atoms with Crippen molar-refractivity contribution in [2.45, 2.75) is 13.5 Å². The Morgan fingerprint density at radius 3 is 1.78 bits per heavy atom. The van der Waals surface area contributed by atoms with Gasteiger partial charge in [0.1, 0.15) is 17.9 Å². The fourth-order valence-corrected chi connectivity index (χ4v) is 2.77. The summed E-state index contributed by atoms with van der Waals surface area (Å²) in [5.41, 5.74) is 3.06. The standard InChI is InChI=1S/C24H22O3/c1-2-26-24(25)22(20-14-8-4-9-15-20)23(21-16-10-5-11-17-21)27-18-19-12-6-3-7-13-19/h3-17H,2,18H2,1H3. The first-order valence-electron chi connectivity index (χ1n) is 8.98. The molecule has 3 aromatic carbocycles. The van der Waals surface area contributed by atoms with E-state index < -0.39 is 5.97 Å². The number of esters is 1. The zero-order chi connectivity index (χ0) is 18.9. The fraction of sp³-hybridized carbons (Fsp3) is 0.125. The second kappa shape index (κ2) is 9.39. The smallest absolute Gasteiger partial charge is 0.342 e. The van der Waals surface area contributed by atoms with E-state index in [1.807, 2.05) is 91.0 Å². The summed E-state index contributed by atoms with van der Waals surface area (Å²) in [6.07, 6.45) is 0. The Morgan fingerprint density at radius 2 is 1.22 bits per heavy atom. The maximum absolute atomic E-state index is 12.8. The predicted molar refractivity (Wildman–Crippen MR) is 108 cm³/mol. The summed E-state index contributed by atoms with van der Waals surface area (Å²) < 4.78 is 11.5. The van der Waals surface area contributed by atoms with Gasteiger partial charge in [0.25, 0.3) is 0 Å². The molecule has 3 nitrogen and oxygen atoms in total. The third-order valence-electron chi connectivity index (χ3n) is 4.03. The molecule has 0 radical (unpaired) electrons. The summed E-state index contributed by atoms with van der Waals surface area (Å²) in [5, 5.41) is 0. The van der Waals surface area contributed by atoms with Crippen molar-refractivity contribution < 1.29 is 14.3 Å². The van der Waals surface area contributed by atoms with Gasteiger partial charge in [-0.05, 0) is 18.1 Å². The summed E-state index contributed by atoms with van der Waals surface area (Å²) in [5.74, 6) is 0.125. The molecule has 136 valence electrons. The molecule has 3 rings (SSSR count). The summed E-state index contributed by atoms with van der Waals surface area (Å²) in [6.45, 7) is 2.46. The van der Waals surface area contributed by atoms with E-state index >= 15 is 0 Å². The minimum atomic E-state index is -0.393. The number of ether oxygens (including phenoxy) is 2. The van der Waals surface area contributed by atoms with Crippen LogP contribution in [0.3, 0.4) is 0 Å². The zero-order valence-corrected chi connectivity index (χ0v) is 15.3. The Labute approximate surface area is 159 Å². The van der Waals surface area contributed by atoms with Gasteiger partial charge in [-0.2, -0.15) is 0 Å².